The number of aromatic nitrogens is 2. The summed E-state index contributed by atoms with van der Waals surface area (Å²) in [6.45, 7) is 1.68. The molecule has 1 aromatic heterocycles. The van der Waals surface area contributed by atoms with E-state index in [9.17, 15) is 9.59 Å². The van der Waals surface area contributed by atoms with Crippen LogP contribution in [0.1, 0.15) is 28.9 Å². The average Bonchev–Trinajstić information content (AvgIpc) is 3.04. The molecule has 2 amide bonds. The highest BCUT2D eigenvalue weighted by atomic mass is 16.5. The highest BCUT2D eigenvalue weighted by Crippen LogP contribution is 2.19. The number of anilines is 1. The molecule has 0 saturated heterocycles. The van der Waals surface area contributed by atoms with Crippen molar-refractivity contribution in [2.45, 2.75) is 25.8 Å². The van der Waals surface area contributed by atoms with E-state index in [0.717, 1.165) is 12.8 Å². The normalized spacial score (nSPS) is 14.2. The number of aromatic amines is 1. The second-order valence-corrected chi connectivity index (χ2v) is 3.94. The van der Waals surface area contributed by atoms with Gasteiger partial charge in [-0.3, -0.25) is 10.4 Å². The third-order valence-corrected chi connectivity index (χ3v) is 2.54. The van der Waals surface area contributed by atoms with Gasteiger partial charge in [0.1, 0.15) is 5.69 Å². The zero-order chi connectivity index (χ0) is 12.4. The molecule has 7 nitrogen and oxygen atoms in total. The summed E-state index contributed by atoms with van der Waals surface area (Å²) in [6.07, 6.45) is 2.03. The first-order chi connectivity index (χ1) is 8.11. The number of urea groups is 1. The molecule has 0 radical (unpaired) electrons. The number of hydrogen-bond donors (Lipinski definition) is 3. The van der Waals surface area contributed by atoms with Crippen molar-refractivity contribution in [1.29, 1.82) is 0 Å². The molecule has 0 bridgehead atoms. The molecule has 3 N–H and O–H groups in total. The Hall–Kier alpha value is -2.05. The van der Waals surface area contributed by atoms with Crippen molar-refractivity contribution < 1.29 is 14.3 Å². The van der Waals surface area contributed by atoms with Gasteiger partial charge in [0.2, 0.25) is 0 Å². The maximum atomic E-state index is 11.5. The third-order valence-electron chi connectivity index (χ3n) is 2.54. The molecule has 0 spiro atoms. The molecule has 1 aliphatic rings. The van der Waals surface area contributed by atoms with Crippen LogP contribution >= 0.6 is 0 Å². The van der Waals surface area contributed by atoms with Crippen LogP contribution in [-0.4, -0.2) is 35.3 Å². The molecule has 0 unspecified atom stereocenters. The van der Waals surface area contributed by atoms with Crippen LogP contribution in [0.15, 0.2) is 0 Å². The summed E-state index contributed by atoms with van der Waals surface area (Å²) < 4.78 is 4.57. The number of carbonyl (C=O) groups excluding carboxylic acids is 2. The number of nitrogens with zero attached hydrogens (tertiary/aromatic N) is 1. The number of H-pyrrole nitrogens is 1. The molecule has 0 aliphatic heterocycles. The van der Waals surface area contributed by atoms with Crippen LogP contribution in [0.25, 0.3) is 0 Å². The summed E-state index contributed by atoms with van der Waals surface area (Å²) in [5.41, 5.74) is 0.803. The first-order valence-electron chi connectivity index (χ1n) is 5.32. The molecule has 2 rings (SSSR count). The Morgan fingerprint density at radius 1 is 1.47 bits per heavy atom. The Morgan fingerprint density at radius 2 is 2.18 bits per heavy atom. The van der Waals surface area contributed by atoms with Crippen molar-refractivity contribution in [2.24, 2.45) is 0 Å². The lowest BCUT2D eigenvalue weighted by molar-refractivity contribution is 0.0593. The Balaban J connectivity index is 2.03. The van der Waals surface area contributed by atoms with Crippen LogP contribution in [0, 0.1) is 6.92 Å². The van der Waals surface area contributed by atoms with Crippen molar-refractivity contribution in [1.82, 2.24) is 15.5 Å². The number of rotatable bonds is 3. The fraction of sp³-hybridized carbons (Fsp3) is 0.500. The van der Waals surface area contributed by atoms with Crippen molar-refractivity contribution >= 4 is 17.8 Å². The molecule has 0 atom stereocenters. The van der Waals surface area contributed by atoms with Gasteiger partial charge in [0.25, 0.3) is 0 Å². The molecule has 0 aromatic carbocycles. The van der Waals surface area contributed by atoms with Gasteiger partial charge in [-0.15, -0.1) is 0 Å². The topological polar surface area (TPSA) is 96.1 Å². The second-order valence-electron chi connectivity index (χ2n) is 3.94. The van der Waals surface area contributed by atoms with E-state index >= 15 is 0 Å². The number of esters is 1. The molecule has 1 saturated carbocycles. The molecule has 92 valence electrons. The lowest BCUT2D eigenvalue weighted by Crippen LogP contribution is -2.30. The lowest BCUT2D eigenvalue weighted by atomic mass is 10.2. The fourth-order valence-corrected chi connectivity index (χ4v) is 1.38. The van der Waals surface area contributed by atoms with E-state index in [1.807, 2.05) is 0 Å². The Bertz CT molecular complexity index is 450. The van der Waals surface area contributed by atoms with Gasteiger partial charge >= 0.3 is 12.0 Å². The molecule has 1 aliphatic carbocycles. The Kier molecular flexibility index (Phi) is 2.99. The minimum absolute atomic E-state index is 0.245. The van der Waals surface area contributed by atoms with Crippen molar-refractivity contribution in [2.75, 3.05) is 12.4 Å². The van der Waals surface area contributed by atoms with Crippen LogP contribution in [0.4, 0.5) is 10.6 Å². The summed E-state index contributed by atoms with van der Waals surface area (Å²) in [4.78, 5) is 22.8. The van der Waals surface area contributed by atoms with E-state index in [-0.39, 0.29) is 17.8 Å². The number of nitrogens with one attached hydrogen (secondary N) is 3. The van der Waals surface area contributed by atoms with Gasteiger partial charge in [0.15, 0.2) is 5.82 Å². The van der Waals surface area contributed by atoms with Gasteiger partial charge in [0.05, 0.1) is 7.11 Å². The highest BCUT2D eigenvalue weighted by Gasteiger charge is 2.24. The van der Waals surface area contributed by atoms with Gasteiger partial charge in [-0.05, 0) is 19.8 Å². The van der Waals surface area contributed by atoms with Crippen LogP contribution in [0.5, 0.6) is 0 Å². The minimum Gasteiger partial charge on any atom is -0.464 e. The maximum Gasteiger partial charge on any atom is 0.356 e. The number of carbonyl (C=O) groups is 2. The third kappa shape index (κ3) is 2.55. The van der Waals surface area contributed by atoms with Gasteiger partial charge in [-0.2, -0.15) is 5.10 Å². The number of ether oxygens (including phenoxy) is 1. The van der Waals surface area contributed by atoms with Gasteiger partial charge in [-0.1, -0.05) is 0 Å². The molecular weight excluding hydrogens is 224 g/mol. The first kappa shape index (κ1) is 11.4. The van der Waals surface area contributed by atoms with Gasteiger partial charge in [0, 0.05) is 11.6 Å². The van der Waals surface area contributed by atoms with E-state index in [0.29, 0.717) is 11.4 Å². The molecule has 7 heteroatoms. The summed E-state index contributed by atoms with van der Waals surface area (Å²) in [7, 11) is 1.29. The first-order valence-corrected chi connectivity index (χ1v) is 5.32. The number of hydrogen-bond acceptors (Lipinski definition) is 4. The Labute approximate surface area is 97.9 Å². The predicted molar refractivity (Wildman–Crippen MR) is 59.8 cm³/mol. The zero-order valence-corrected chi connectivity index (χ0v) is 9.66. The summed E-state index contributed by atoms with van der Waals surface area (Å²) in [5, 5.41) is 11.7. The smallest absolute Gasteiger partial charge is 0.356 e. The van der Waals surface area contributed by atoms with E-state index in [1.165, 1.54) is 7.11 Å². The second kappa shape index (κ2) is 4.44. The summed E-state index contributed by atoms with van der Waals surface area (Å²) >= 11 is 0. The monoisotopic (exact) mass is 238 g/mol. The van der Waals surface area contributed by atoms with E-state index < -0.39 is 5.97 Å². The number of methoxy groups -OCH3 is 1. The fourth-order valence-electron chi connectivity index (χ4n) is 1.38. The van der Waals surface area contributed by atoms with Crippen molar-refractivity contribution in [3.8, 4) is 0 Å². The molecule has 1 heterocycles. The van der Waals surface area contributed by atoms with E-state index in [2.05, 4.69) is 25.6 Å². The SMILES string of the molecule is COC(=O)c1[nH]nc(NC(=O)NC2CC2)c1C. The highest BCUT2D eigenvalue weighted by molar-refractivity contribution is 5.94. The molecule has 17 heavy (non-hydrogen) atoms. The lowest BCUT2D eigenvalue weighted by Gasteiger charge is -2.04. The van der Waals surface area contributed by atoms with Crippen LogP contribution in [0.2, 0.25) is 0 Å². The van der Waals surface area contributed by atoms with Crippen LogP contribution in [0.3, 0.4) is 0 Å². The van der Waals surface area contributed by atoms with Crippen LogP contribution in [-0.2, 0) is 4.74 Å². The van der Waals surface area contributed by atoms with E-state index in [4.69, 9.17) is 0 Å². The minimum atomic E-state index is -0.509. The average molecular weight is 238 g/mol. The standard InChI is InChI=1S/C10H14N4O3/c1-5-7(9(15)17-2)13-14-8(5)12-10(16)11-6-3-4-6/h6H,3-4H2,1-2H3,(H3,11,12,13,14,16). The Morgan fingerprint density at radius 3 is 2.76 bits per heavy atom. The van der Waals surface area contributed by atoms with Gasteiger partial charge in [-0.25, -0.2) is 9.59 Å². The van der Waals surface area contributed by atoms with Crippen LogP contribution < -0.4 is 10.6 Å². The maximum absolute atomic E-state index is 11.5. The zero-order valence-electron chi connectivity index (χ0n) is 9.66. The van der Waals surface area contributed by atoms with Crippen molar-refractivity contribution in [3.63, 3.8) is 0 Å². The van der Waals surface area contributed by atoms with E-state index in [1.54, 1.807) is 6.92 Å². The summed E-state index contributed by atoms with van der Waals surface area (Å²) in [6, 6.07) is -0.0344. The quantitative estimate of drug-likeness (QED) is 0.678. The molecule has 1 aromatic rings. The summed E-state index contributed by atoms with van der Waals surface area (Å²) in [5.74, 6) is -0.172. The van der Waals surface area contributed by atoms with Gasteiger partial charge < -0.3 is 10.1 Å². The number of amides is 2. The van der Waals surface area contributed by atoms with Crippen molar-refractivity contribution in [3.05, 3.63) is 11.3 Å². The molecular formula is C10H14N4O3. The predicted octanol–water partition coefficient (Wildman–Crippen LogP) is 0.789. The largest absolute Gasteiger partial charge is 0.464 e. The molecule has 1 fully saturated rings.